The maximum Gasteiger partial charge on any atom is 0.345 e. The Morgan fingerprint density at radius 1 is 1.24 bits per heavy atom. The fourth-order valence-electron chi connectivity index (χ4n) is 2.79. The predicted molar refractivity (Wildman–Crippen MR) is 117 cm³/mol. The molecule has 3 aromatic rings. The van der Waals surface area contributed by atoms with Crippen LogP contribution in [0.4, 0.5) is 5.69 Å². The lowest BCUT2D eigenvalue weighted by Crippen LogP contribution is -2.15. The lowest BCUT2D eigenvalue weighted by atomic mass is 10.0. The van der Waals surface area contributed by atoms with Crippen LogP contribution in [-0.4, -0.2) is 22.4 Å². The second kappa shape index (κ2) is 8.36. The molecule has 0 aliphatic heterocycles. The molecule has 7 nitrogen and oxygen atoms in total. The van der Waals surface area contributed by atoms with Crippen LogP contribution in [0.2, 0.25) is 5.02 Å². The van der Waals surface area contributed by atoms with Crippen molar-refractivity contribution >= 4 is 23.1 Å². The normalized spacial score (nSPS) is 10.9. The summed E-state index contributed by atoms with van der Waals surface area (Å²) in [6.45, 7) is 4.63. The van der Waals surface area contributed by atoms with E-state index in [1.165, 1.54) is 0 Å². The Morgan fingerprint density at radius 3 is 2.69 bits per heavy atom. The van der Waals surface area contributed by atoms with Crippen molar-refractivity contribution in [1.82, 2.24) is 9.97 Å². The molecular formula is C21H22ClN5O2. The molecule has 0 saturated heterocycles. The van der Waals surface area contributed by atoms with Gasteiger partial charge in [-0.1, -0.05) is 31.5 Å². The number of benzene rings is 2. The topological polar surface area (TPSA) is 131 Å². The largest absolute Gasteiger partial charge is 0.493 e. The number of nitrogen functional groups attached to an aromatic ring is 2. The number of hydrogen-bond acceptors (Lipinski definition) is 5. The average molecular weight is 412 g/mol. The first-order valence-corrected chi connectivity index (χ1v) is 9.40. The third-order valence-corrected chi connectivity index (χ3v) is 4.42. The van der Waals surface area contributed by atoms with E-state index in [4.69, 9.17) is 33.2 Å². The van der Waals surface area contributed by atoms with Gasteiger partial charge in [-0.25, -0.2) is 4.79 Å². The summed E-state index contributed by atoms with van der Waals surface area (Å²) in [7, 11) is 0. The Balaban J connectivity index is 2.12. The molecule has 1 aromatic heterocycles. The van der Waals surface area contributed by atoms with Crippen LogP contribution in [0.1, 0.15) is 19.4 Å². The summed E-state index contributed by atoms with van der Waals surface area (Å²) in [6, 6.07) is 12.0. The van der Waals surface area contributed by atoms with E-state index in [0.29, 0.717) is 57.1 Å². The number of nitrogens with zero attached hydrogens (tertiary/aromatic N) is 1. The zero-order chi connectivity index (χ0) is 21.1. The van der Waals surface area contributed by atoms with Crippen LogP contribution in [0.5, 0.6) is 5.75 Å². The molecule has 0 atom stereocenters. The van der Waals surface area contributed by atoms with Gasteiger partial charge in [0.25, 0.3) is 0 Å². The van der Waals surface area contributed by atoms with Crippen LogP contribution >= 0.6 is 11.6 Å². The van der Waals surface area contributed by atoms with Crippen LogP contribution in [0.3, 0.4) is 0 Å². The van der Waals surface area contributed by atoms with Gasteiger partial charge in [0, 0.05) is 27.4 Å². The second-order valence-corrected chi connectivity index (χ2v) is 7.48. The van der Waals surface area contributed by atoms with Gasteiger partial charge in [0.05, 0.1) is 18.0 Å². The van der Waals surface area contributed by atoms with Crippen LogP contribution in [-0.2, 0) is 0 Å². The number of rotatable bonds is 6. The Bertz CT molecular complexity index is 1120. The summed E-state index contributed by atoms with van der Waals surface area (Å²) in [6.07, 6.45) is 0. The smallest absolute Gasteiger partial charge is 0.345 e. The van der Waals surface area contributed by atoms with Gasteiger partial charge in [-0.3, -0.25) is 5.41 Å². The summed E-state index contributed by atoms with van der Waals surface area (Å²) < 4.78 is 5.90. The Labute approximate surface area is 173 Å². The predicted octanol–water partition coefficient (Wildman–Crippen LogP) is 3.66. The monoisotopic (exact) mass is 411 g/mol. The number of anilines is 1. The quantitative estimate of drug-likeness (QED) is 0.279. The van der Waals surface area contributed by atoms with E-state index >= 15 is 0 Å². The number of nitrogens with two attached hydrogens (primary N) is 2. The summed E-state index contributed by atoms with van der Waals surface area (Å²) in [5, 5.41) is 8.18. The van der Waals surface area contributed by atoms with E-state index in [-0.39, 0.29) is 5.84 Å². The molecule has 0 fully saturated rings. The number of aromatic nitrogens is 2. The molecule has 0 amide bonds. The molecule has 0 saturated carbocycles. The fourth-order valence-corrected chi connectivity index (χ4v) is 2.97. The highest BCUT2D eigenvalue weighted by Gasteiger charge is 2.13. The van der Waals surface area contributed by atoms with Gasteiger partial charge >= 0.3 is 5.69 Å². The first-order valence-electron chi connectivity index (χ1n) is 9.03. The average Bonchev–Trinajstić information content (AvgIpc) is 2.66. The van der Waals surface area contributed by atoms with Gasteiger partial charge in [0.1, 0.15) is 11.6 Å². The Morgan fingerprint density at radius 2 is 2.00 bits per heavy atom. The highest BCUT2D eigenvalue weighted by molar-refractivity contribution is 6.31. The van der Waals surface area contributed by atoms with Gasteiger partial charge in [-0.15, -0.1) is 0 Å². The third-order valence-electron chi connectivity index (χ3n) is 4.19. The molecule has 0 aliphatic rings. The maximum atomic E-state index is 12.3. The van der Waals surface area contributed by atoms with E-state index in [0.717, 1.165) is 0 Å². The van der Waals surface area contributed by atoms with Crippen molar-refractivity contribution in [3.8, 4) is 28.3 Å². The Hall–Kier alpha value is -3.32. The lowest BCUT2D eigenvalue weighted by molar-refractivity contribution is 0.272. The van der Waals surface area contributed by atoms with Gasteiger partial charge in [-0.05, 0) is 42.3 Å². The summed E-state index contributed by atoms with van der Waals surface area (Å²) in [4.78, 5) is 19.1. The number of halogens is 1. The van der Waals surface area contributed by atoms with Crippen LogP contribution in [0.15, 0.2) is 47.3 Å². The highest BCUT2D eigenvalue weighted by Crippen LogP contribution is 2.33. The van der Waals surface area contributed by atoms with Crippen molar-refractivity contribution in [2.45, 2.75) is 13.8 Å². The van der Waals surface area contributed by atoms with Crippen molar-refractivity contribution in [3.05, 3.63) is 63.5 Å². The molecule has 0 aliphatic carbocycles. The highest BCUT2D eigenvalue weighted by atomic mass is 35.5. The number of H-pyrrole nitrogens is 1. The zero-order valence-corrected chi connectivity index (χ0v) is 16.9. The van der Waals surface area contributed by atoms with Gasteiger partial charge in [0.15, 0.2) is 0 Å². The van der Waals surface area contributed by atoms with Gasteiger partial charge < -0.3 is 21.2 Å². The van der Waals surface area contributed by atoms with Gasteiger partial charge in [0.2, 0.25) is 0 Å². The third kappa shape index (κ3) is 4.75. The number of aromatic amines is 1. The molecule has 0 unspecified atom stereocenters. The standard InChI is InChI=1S/C21H22ClN5O2/c1-11(2)10-29-19-6-4-13(22)8-15(19)18-9-17(26-21(28)27-18)12-3-5-16(23)14(7-12)20(24)25/h3-9,11H,10,23H2,1-2H3,(H3,24,25)(H,26,27,28). The summed E-state index contributed by atoms with van der Waals surface area (Å²) in [5.41, 5.74) is 13.9. The molecule has 0 radical (unpaired) electrons. The first-order chi connectivity index (χ1) is 13.7. The van der Waals surface area contributed by atoms with E-state index < -0.39 is 5.69 Å². The number of ether oxygens (including phenoxy) is 1. The Kier molecular flexibility index (Phi) is 5.89. The van der Waals surface area contributed by atoms with Crippen molar-refractivity contribution < 1.29 is 4.74 Å². The van der Waals surface area contributed by atoms with E-state index in [9.17, 15) is 4.79 Å². The fraction of sp³-hybridized carbons (Fsp3) is 0.190. The molecule has 3 rings (SSSR count). The molecule has 0 spiro atoms. The number of nitrogens with one attached hydrogen (secondary N) is 2. The van der Waals surface area contributed by atoms with Crippen LogP contribution < -0.4 is 21.9 Å². The lowest BCUT2D eigenvalue weighted by Gasteiger charge is -2.14. The minimum absolute atomic E-state index is 0.159. The van der Waals surface area contributed by atoms with E-state index in [2.05, 4.69) is 23.8 Å². The van der Waals surface area contributed by atoms with Crippen molar-refractivity contribution in [2.24, 2.45) is 11.7 Å². The molecule has 0 bridgehead atoms. The summed E-state index contributed by atoms with van der Waals surface area (Å²) in [5.74, 6) is 0.789. The van der Waals surface area contributed by atoms with Gasteiger partial charge in [-0.2, -0.15) is 4.98 Å². The van der Waals surface area contributed by atoms with Crippen LogP contribution in [0, 0.1) is 11.3 Å². The van der Waals surface area contributed by atoms with Crippen molar-refractivity contribution in [1.29, 1.82) is 5.41 Å². The summed E-state index contributed by atoms with van der Waals surface area (Å²) >= 11 is 6.18. The van der Waals surface area contributed by atoms with E-state index in [1.807, 2.05) is 0 Å². The van der Waals surface area contributed by atoms with Crippen molar-refractivity contribution in [2.75, 3.05) is 12.3 Å². The van der Waals surface area contributed by atoms with E-state index in [1.54, 1.807) is 42.5 Å². The molecule has 29 heavy (non-hydrogen) atoms. The van der Waals surface area contributed by atoms with Crippen molar-refractivity contribution in [3.63, 3.8) is 0 Å². The molecule has 8 heteroatoms. The second-order valence-electron chi connectivity index (χ2n) is 7.05. The molecule has 2 aromatic carbocycles. The molecular weight excluding hydrogens is 390 g/mol. The zero-order valence-electron chi connectivity index (χ0n) is 16.1. The molecule has 1 heterocycles. The minimum atomic E-state index is -0.520. The number of amidine groups is 1. The maximum absolute atomic E-state index is 12.3. The number of hydrogen-bond donors (Lipinski definition) is 4. The SMILES string of the molecule is CC(C)COc1ccc(Cl)cc1-c1cc(-c2ccc(N)c(C(=N)N)c2)nc(=O)[nH]1. The minimum Gasteiger partial charge on any atom is -0.493 e. The van der Waals surface area contributed by atoms with Crippen LogP contribution in [0.25, 0.3) is 22.5 Å². The molecule has 6 N–H and O–H groups in total. The molecule has 150 valence electrons. The first kappa shape index (κ1) is 20.4.